The molecule has 3 N–H and O–H groups in total. The molecule has 1 heterocycles. The number of nitrogens with one attached hydrogen (secondary N) is 1. The molecule has 0 bridgehead atoms. The lowest BCUT2D eigenvalue weighted by Gasteiger charge is -2.41. The molecule has 0 aromatic heterocycles. The van der Waals surface area contributed by atoms with Crippen LogP contribution in [0.2, 0.25) is 0 Å². The van der Waals surface area contributed by atoms with Crippen LogP contribution in [-0.2, 0) is 26.6 Å². The molecule has 0 saturated carbocycles. The maximum absolute atomic E-state index is 13.6. The van der Waals surface area contributed by atoms with E-state index >= 15 is 0 Å². The number of alkyl halides is 6. The number of hydrogen-bond donors (Lipinski definition) is 2. The monoisotopic (exact) mass is 566 g/mol. The number of hydrazone groups is 1. The number of rotatable bonds is 7. The van der Waals surface area contributed by atoms with Crippen LogP contribution < -0.4 is 11.2 Å². The minimum atomic E-state index is -5.03. The van der Waals surface area contributed by atoms with E-state index in [0.29, 0.717) is 17.7 Å². The molecule has 0 aliphatic carbocycles. The van der Waals surface area contributed by atoms with Crippen molar-refractivity contribution in [1.82, 2.24) is 10.3 Å². The first-order valence-corrected chi connectivity index (χ1v) is 11.4. The third kappa shape index (κ3) is 8.03. The lowest BCUT2D eigenvalue weighted by atomic mass is 10.0. The summed E-state index contributed by atoms with van der Waals surface area (Å²) < 4.78 is 110. The molecule has 1 aliphatic rings. The molecule has 2 aromatic rings. The predicted molar refractivity (Wildman–Crippen MR) is 124 cm³/mol. The molecule has 3 rings (SSSR count). The van der Waals surface area contributed by atoms with Gasteiger partial charge < -0.3 is 19.9 Å². The summed E-state index contributed by atoms with van der Waals surface area (Å²) in [5.41, 5.74) is 5.09. The minimum Gasteiger partial charge on any atom is -0.452 e. The van der Waals surface area contributed by atoms with Crippen LogP contribution in [0.25, 0.3) is 0 Å². The van der Waals surface area contributed by atoms with Crippen molar-refractivity contribution in [3.05, 3.63) is 70.5 Å². The van der Waals surface area contributed by atoms with E-state index in [1.54, 1.807) is 4.90 Å². The minimum absolute atomic E-state index is 0.0286. The van der Waals surface area contributed by atoms with Gasteiger partial charge in [0, 0.05) is 6.54 Å². The number of hydrogen-bond acceptors (Lipinski definition) is 6. The number of amides is 1. The van der Waals surface area contributed by atoms with Gasteiger partial charge >= 0.3 is 18.4 Å². The predicted octanol–water partition coefficient (Wildman–Crippen LogP) is 4.97. The summed E-state index contributed by atoms with van der Waals surface area (Å²) in [6, 6.07) is 5.54. The fourth-order valence-corrected chi connectivity index (χ4v) is 3.91. The van der Waals surface area contributed by atoms with Crippen molar-refractivity contribution in [3.8, 4) is 0 Å². The summed E-state index contributed by atoms with van der Waals surface area (Å²) in [5.74, 6) is -0.603. The highest BCUT2D eigenvalue weighted by molar-refractivity contribution is 5.83. The molecule has 8 nitrogen and oxygen atoms in total. The number of benzene rings is 2. The summed E-state index contributed by atoms with van der Waals surface area (Å²) in [6.45, 7) is 1.51. The summed E-state index contributed by atoms with van der Waals surface area (Å²) in [5, 5.41) is 3.70. The molecule has 214 valence electrons. The zero-order valence-electron chi connectivity index (χ0n) is 20.6. The molecule has 1 saturated heterocycles. The second-order valence-electron chi connectivity index (χ2n) is 8.53. The zero-order valence-corrected chi connectivity index (χ0v) is 20.6. The van der Waals surface area contributed by atoms with Gasteiger partial charge in [-0.15, -0.1) is 0 Å². The molecule has 0 spiro atoms. The number of amidine groups is 1. The highest BCUT2D eigenvalue weighted by atomic mass is 19.4. The van der Waals surface area contributed by atoms with Gasteiger partial charge in [0.2, 0.25) is 0 Å². The SMILES string of the molecule is COC(=O)N/N=C(\N)CN1CCO[C@H](O[C@@H](C)c2cc(C(F)(F)F)cc(C(F)(F)F)c2)[C@@H]1c1ccc(F)cc1. The lowest BCUT2D eigenvalue weighted by Crippen LogP contribution is -2.49. The number of methoxy groups -OCH3 is 1. The largest absolute Gasteiger partial charge is 0.452 e. The van der Waals surface area contributed by atoms with E-state index < -0.39 is 53.8 Å². The first-order valence-electron chi connectivity index (χ1n) is 11.4. The smallest absolute Gasteiger partial charge is 0.427 e. The van der Waals surface area contributed by atoms with Crippen LogP contribution in [0.15, 0.2) is 47.6 Å². The Kier molecular flexibility index (Phi) is 9.40. The van der Waals surface area contributed by atoms with Crippen LogP contribution in [0.1, 0.15) is 41.3 Å². The average Bonchev–Trinajstić information content (AvgIpc) is 2.87. The van der Waals surface area contributed by atoms with E-state index in [1.165, 1.54) is 31.2 Å². The maximum Gasteiger partial charge on any atom is 0.427 e. The van der Waals surface area contributed by atoms with Gasteiger partial charge in [0.15, 0.2) is 6.29 Å². The fourth-order valence-electron chi connectivity index (χ4n) is 3.91. The van der Waals surface area contributed by atoms with Crippen molar-refractivity contribution in [3.63, 3.8) is 0 Å². The van der Waals surface area contributed by atoms with Crippen LogP contribution in [0, 0.1) is 5.82 Å². The Labute approximate surface area is 218 Å². The lowest BCUT2D eigenvalue weighted by molar-refractivity contribution is -0.227. The Morgan fingerprint density at radius 1 is 1.13 bits per heavy atom. The second-order valence-corrected chi connectivity index (χ2v) is 8.53. The molecule has 1 fully saturated rings. The maximum atomic E-state index is 13.6. The second kappa shape index (κ2) is 12.2. The van der Waals surface area contributed by atoms with Gasteiger partial charge in [0.25, 0.3) is 0 Å². The molecular formula is C24H25F7N4O4. The third-order valence-corrected chi connectivity index (χ3v) is 5.78. The van der Waals surface area contributed by atoms with Crippen LogP contribution in [0.5, 0.6) is 0 Å². The van der Waals surface area contributed by atoms with E-state index in [1.807, 2.05) is 0 Å². The number of nitrogens with two attached hydrogens (primary N) is 1. The summed E-state index contributed by atoms with van der Waals surface area (Å²) in [4.78, 5) is 13.0. The van der Waals surface area contributed by atoms with Crippen molar-refractivity contribution in [1.29, 1.82) is 0 Å². The Balaban J connectivity index is 1.93. The average molecular weight is 566 g/mol. The van der Waals surface area contributed by atoms with Crippen LogP contribution in [-0.4, -0.2) is 49.9 Å². The molecule has 2 aromatic carbocycles. The number of morpholine rings is 1. The molecule has 0 unspecified atom stereocenters. The van der Waals surface area contributed by atoms with E-state index in [4.69, 9.17) is 15.2 Å². The van der Waals surface area contributed by atoms with E-state index in [2.05, 4.69) is 15.3 Å². The Morgan fingerprint density at radius 3 is 2.26 bits per heavy atom. The van der Waals surface area contributed by atoms with Crippen molar-refractivity contribution in [2.45, 2.75) is 37.7 Å². The molecule has 1 amide bonds. The first kappa shape index (κ1) is 30.1. The van der Waals surface area contributed by atoms with Gasteiger partial charge in [-0.2, -0.15) is 31.4 Å². The zero-order chi connectivity index (χ0) is 29.0. The molecule has 3 atom stereocenters. The summed E-state index contributed by atoms with van der Waals surface area (Å²) >= 11 is 0. The highest BCUT2D eigenvalue weighted by Crippen LogP contribution is 2.39. The quantitative estimate of drug-likeness (QED) is 0.213. The molecular weight excluding hydrogens is 541 g/mol. The number of nitrogens with zero attached hydrogens (tertiary/aromatic N) is 2. The normalized spacial score (nSPS) is 20.0. The van der Waals surface area contributed by atoms with Crippen LogP contribution in [0.3, 0.4) is 0 Å². The van der Waals surface area contributed by atoms with Crippen molar-refractivity contribution in [2.75, 3.05) is 26.8 Å². The Morgan fingerprint density at radius 2 is 1.72 bits per heavy atom. The Bertz CT molecular complexity index is 1140. The van der Waals surface area contributed by atoms with E-state index in [0.717, 1.165) is 7.11 Å². The van der Waals surface area contributed by atoms with Gasteiger partial charge in [-0.05, 0) is 48.4 Å². The van der Waals surface area contributed by atoms with Crippen molar-refractivity contribution in [2.24, 2.45) is 10.8 Å². The standard InChI is InChI=1S/C24H25F7N4O4/c1-13(15-9-16(23(26,27)28)11-17(10-15)24(29,30)31)39-21-20(14-3-5-18(25)6-4-14)35(7-8-38-21)12-19(32)33-34-22(36)37-2/h3-6,9-11,13,20-21H,7-8,12H2,1-2H3,(H2,32,33)(H,34,36)/t13-,20-,21+/m0/s1. The third-order valence-electron chi connectivity index (χ3n) is 5.78. The van der Waals surface area contributed by atoms with Crippen LogP contribution >= 0.6 is 0 Å². The molecule has 0 radical (unpaired) electrons. The van der Waals surface area contributed by atoms with Crippen molar-refractivity contribution >= 4 is 11.9 Å². The van der Waals surface area contributed by atoms with Gasteiger partial charge in [-0.3, -0.25) is 4.90 Å². The van der Waals surface area contributed by atoms with E-state index in [-0.39, 0.29) is 37.2 Å². The van der Waals surface area contributed by atoms with Gasteiger partial charge in [-0.25, -0.2) is 14.6 Å². The fraction of sp³-hybridized carbons (Fsp3) is 0.417. The molecule has 39 heavy (non-hydrogen) atoms. The highest BCUT2D eigenvalue weighted by Gasteiger charge is 2.39. The van der Waals surface area contributed by atoms with Gasteiger partial charge in [0.1, 0.15) is 11.7 Å². The first-order chi connectivity index (χ1) is 18.2. The number of halogens is 7. The topological polar surface area (TPSA) is 98.4 Å². The number of carbonyl (C=O) groups is 1. The van der Waals surface area contributed by atoms with E-state index in [9.17, 15) is 35.5 Å². The molecule has 15 heteroatoms. The van der Waals surface area contributed by atoms with Gasteiger partial charge in [0.05, 0.1) is 43.5 Å². The van der Waals surface area contributed by atoms with Gasteiger partial charge in [-0.1, -0.05) is 12.1 Å². The number of carbonyl (C=O) groups excluding carboxylic acids is 1. The van der Waals surface area contributed by atoms with Crippen molar-refractivity contribution < 1.29 is 49.7 Å². The Hall–Kier alpha value is -3.43. The number of ether oxygens (including phenoxy) is 3. The summed E-state index contributed by atoms with van der Waals surface area (Å²) in [6.07, 6.45) is -13.4. The summed E-state index contributed by atoms with van der Waals surface area (Å²) in [7, 11) is 1.12. The molecule has 1 aliphatic heterocycles. The van der Waals surface area contributed by atoms with Crippen LogP contribution in [0.4, 0.5) is 35.5 Å².